The Balaban J connectivity index is 1.90. The van der Waals surface area contributed by atoms with E-state index in [0.29, 0.717) is 0 Å². The smallest absolute Gasteiger partial charge is 0.0839 e. The Bertz CT molecular complexity index is 237. The average Bonchev–Trinajstić information content (AvgIpc) is 2.21. The van der Waals surface area contributed by atoms with Crippen molar-refractivity contribution in [3.63, 3.8) is 0 Å². The Morgan fingerprint density at radius 3 is 2.77 bits per heavy atom. The van der Waals surface area contributed by atoms with Crippen LogP contribution in [-0.2, 0) is 11.2 Å². The first-order valence-corrected chi connectivity index (χ1v) is 4.92. The highest BCUT2D eigenvalue weighted by molar-refractivity contribution is 5.15. The summed E-state index contributed by atoms with van der Waals surface area (Å²) in [4.78, 5) is 0. The average molecular weight is 175 g/mol. The van der Waals surface area contributed by atoms with E-state index in [1.54, 1.807) is 0 Å². The first kappa shape index (κ1) is 8.76. The van der Waals surface area contributed by atoms with Crippen molar-refractivity contribution in [1.29, 1.82) is 0 Å². The number of rotatable bonds is 2. The molecule has 1 nitrogen and oxygen atoms in total. The van der Waals surface area contributed by atoms with Gasteiger partial charge in [-0.15, -0.1) is 0 Å². The second kappa shape index (κ2) is 4.43. The van der Waals surface area contributed by atoms with Gasteiger partial charge in [0.05, 0.1) is 6.61 Å². The van der Waals surface area contributed by atoms with Crippen LogP contribution in [0.5, 0.6) is 0 Å². The van der Waals surface area contributed by atoms with Gasteiger partial charge in [-0.25, -0.2) is 0 Å². The van der Waals surface area contributed by atoms with E-state index in [0.717, 1.165) is 18.9 Å². The molecule has 0 amide bonds. The molecule has 1 aromatic rings. The maximum Gasteiger partial charge on any atom is 0.0839 e. The van der Waals surface area contributed by atoms with E-state index in [1.165, 1.54) is 18.4 Å². The van der Waals surface area contributed by atoms with Gasteiger partial charge < -0.3 is 4.74 Å². The predicted molar refractivity (Wildman–Crippen MR) is 53.1 cm³/mol. The van der Waals surface area contributed by atoms with Crippen LogP contribution in [0.15, 0.2) is 30.3 Å². The van der Waals surface area contributed by atoms with Gasteiger partial charge >= 0.3 is 0 Å². The summed E-state index contributed by atoms with van der Waals surface area (Å²) in [7, 11) is 0. The van der Waals surface area contributed by atoms with Crippen LogP contribution in [0.1, 0.15) is 18.4 Å². The summed E-state index contributed by atoms with van der Waals surface area (Å²) in [6.45, 7) is 2.86. The van der Waals surface area contributed by atoms with Crippen LogP contribution in [0.3, 0.4) is 0 Å². The van der Waals surface area contributed by atoms with Crippen molar-refractivity contribution < 1.29 is 4.74 Å². The predicted octanol–water partition coefficient (Wildman–Crippen LogP) is 2.82. The van der Waals surface area contributed by atoms with E-state index >= 15 is 0 Å². The third-order valence-corrected chi connectivity index (χ3v) is 2.56. The van der Waals surface area contributed by atoms with Gasteiger partial charge in [-0.1, -0.05) is 30.3 Å². The standard InChI is InChI=1S/C12H15O/c1-2-4-11(5-3-1)10-12-6-8-13-9-7-12/h1-5,8,12H,6-7,9-10H2. The molecule has 1 atom stereocenters. The zero-order valence-electron chi connectivity index (χ0n) is 7.78. The fourth-order valence-corrected chi connectivity index (χ4v) is 1.77. The highest BCUT2D eigenvalue weighted by Gasteiger charge is 2.13. The summed E-state index contributed by atoms with van der Waals surface area (Å²) in [5, 5.41) is 0. The van der Waals surface area contributed by atoms with Crippen molar-refractivity contribution in [2.24, 2.45) is 5.92 Å². The highest BCUT2D eigenvalue weighted by atomic mass is 16.5. The van der Waals surface area contributed by atoms with Gasteiger partial charge in [-0.05, 0) is 30.7 Å². The molecule has 1 aromatic carbocycles. The summed E-state index contributed by atoms with van der Waals surface area (Å²) in [5.41, 5.74) is 1.45. The summed E-state index contributed by atoms with van der Waals surface area (Å²) in [5.74, 6) is 0.788. The van der Waals surface area contributed by atoms with Crippen LogP contribution in [0.2, 0.25) is 0 Å². The molecule has 0 saturated carbocycles. The van der Waals surface area contributed by atoms with Crippen LogP contribution in [0.4, 0.5) is 0 Å². The zero-order chi connectivity index (χ0) is 8.93. The minimum atomic E-state index is 0.788. The normalized spacial score (nSPS) is 18.8. The molecule has 1 aliphatic rings. The minimum absolute atomic E-state index is 0.788. The molecule has 1 saturated heterocycles. The van der Waals surface area contributed by atoms with Gasteiger partial charge in [0.15, 0.2) is 0 Å². The highest BCUT2D eigenvalue weighted by Crippen LogP contribution is 2.21. The van der Waals surface area contributed by atoms with Crippen LogP contribution < -0.4 is 0 Å². The van der Waals surface area contributed by atoms with E-state index in [2.05, 4.69) is 30.3 Å². The SMILES string of the molecule is [CH]1CC(Cc2ccccc2)CCO1. The van der Waals surface area contributed by atoms with Gasteiger partial charge in [0, 0.05) is 6.61 Å². The maximum atomic E-state index is 5.21. The van der Waals surface area contributed by atoms with Gasteiger partial charge in [0.1, 0.15) is 0 Å². The third-order valence-electron chi connectivity index (χ3n) is 2.56. The van der Waals surface area contributed by atoms with Crippen LogP contribution >= 0.6 is 0 Å². The van der Waals surface area contributed by atoms with E-state index < -0.39 is 0 Å². The van der Waals surface area contributed by atoms with Crippen molar-refractivity contribution in [3.05, 3.63) is 42.5 Å². The van der Waals surface area contributed by atoms with Gasteiger partial charge in [-0.3, -0.25) is 0 Å². The first-order chi connectivity index (χ1) is 6.45. The van der Waals surface area contributed by atoms with Crippen molar-refractivity contribution in [2.45, 2.75) is 19.3 Å². The molecule has 0 aromatic heterocycles. The molecule has 13 heavy (non-hydrogen) atoms. The summed E-state index contributed by atoms with van der Waals surface area (Å²) < 4.78 is 5.21. The summed E-state index contributed by atoms with van der Waals surface area (Å²) in [6.07, 6.45) is 3.50. The van der Waals surface area contributed by atoms with Crippen LogP contribution in [-0.4, -0.2) is 6.61 Å². The third kappa shape index (κ3) is 2.56. The maximum absolute atomic E-state index is 5.21. The fraction of sp³-hybridized carbons (Fsp3) is 0.417. The molecule has 1 heterocycles. The van der Waals surface area contributed by atoms with E-state index in [-0.39, 0.29) is 0 Å². The van der Waals surface area contributed by atoms with Gasteiger partial charge in [0.2, 0.25) is 0 Å². The molecule has 0 bridgehead atoms. The molecule has 1 aliphatic heterocycles. The quantitative estimate of drug-likeness (QED) is 0.671. The van der Waals surface area contributed by atoms with E-state index in [4.69, 9.17) is 4.74 Å². The molecule has 2 rings (SSSR count). The van der Waals surface area contributed by atoms with Gasteiger partial charge in [0.25, 0.3) is 0 Å². The number of benzene rings is 1. The summed E-state index contributed by atoms with van der Waals surface area (Å²) >= 11 is 0. The lowest BCUT2D eigenvalue weighted by Crippen LogP contribution is -2.14. The van der Waals surface area contributed by atoms with E-state index in [1.807, 2.05) is 6.61 Å². The van der Waals surface area contributed by atoms with E-state index in [9.17, 15) is 0 Å². The monoisotopic (exact) mass is 175 g/mol. The molecule has 1 radical (unpaired) electrons. The minimum Gasteiger partial charge on any atom is -0.376 e. The van der Waals surface area contributed by atoms with Crippen LogP contribution in [0.25, 0.3) is 0 Å². The van der Waals surface area contributed by atoms with Crippen molar-refractivity contribution in [3.8, 4) is 0 Å². The second-order valence-corrected chi connectivity index (χ2v) is 3.62. The summed E-state index contributed by atoms with van der Waals surface area (Å²) in [6, 6.07) is 10.7. The molecule has 69 valence electrons. The molecule has 0 aliphatic carbocycles. The molecule has 0 spiro atoms. The Kier molecular flexibility index (Phi) is 2.98. The first-order valence-electron chi connectivity index (χ1n) is 4.92. The Labute approximate surface area is 79.7 Å². The zero-order valence-corrected chi connectivity index (χ0v) is 7.78. The van der Waals surface area contributed by atoms with Gasteiger partial charge in [-0.2, -0.15) is 0 Å². The molecule has 1 fully saturated rings. The number of hydrogen-bond donors (Lipinski definition) is 0. The van der Waals surface area contributed by atoms with Crippen molar-refractivity contribution in [2.75, 3.05) is 6.61 Å². The fourth-order valence-electron chi connectivity index (χ4n) is 1.77. The lowest BCUT2D eigenvalue weighted by molar-refractivity contribution is 0.121. The number of ether oxygens (including phenoxy) is 1. The topological polar surface area (TPSA) is 9.23 Å². The second-order valence-electron chi connectivity index (χ2n) is 3.62. The molecule has 0 N–H and O–H groups in total. The molecule has 1 heteroatoms. The van der Waals surface area contributed by atoms with Crippen molar-refractivity contribution in [1.82, 2.24) is 0 Å². The Morgan fingerprint density at radius 2 is 2.08 bits per heavy atom. The lowest BCUT2D eigenvalue weighted by atomic mass is 9.92. The molecule has 1 unspecified atom stereocenters. The Hall–Kier alpha value is -0.820. The number of hydrogen-bond acceptors (Lipinski definition) is 1. The largest absolute Gasteiger partial charge is 0.376 e. The van der Waals surface area contributed by atoms with Crippen LogP contribution in [0, 0.1) is 12.5 Å². The molecular weight excluding hydrogens is 160 g/mol. The molecular formula is C12H15O. The Morgan fingerprint density at radius 1 is 1.23 bits per heavy atom. The van der Waals surface area contributed by atoms with Crippen molar-refractivity contribution >= 4 is 0 Å². The lowest BCUT2D eigenvalue weighted by Gasteiger charge is -2.21.